The standard InChI is InChI=1S/C23H25FN4O3/c1-17-20(26-27-25)12-13-22(31-17)21(14-24)28(15-18-8-4-2-5-9-18)23(29)30-16-19-10-6-3-7-11-19/h2-11,20-22H,1,12-16H2. The minimum Gasteiger partial charge on any atom is -0.493 e. The molecule has 3 atom stereocenters. The van der Waals surface area contributed by atoms with Gasteiger partial charge < -0.3 is 9.47 Å². The lowest BCUT2D eigenvalue weighted by Crippen LogP contribution is -2.50. The van der Waals surface area contributed by atoms with Crippen molar-refractivity contribution in [2.75, 3.05) is 6.67 Å². The topological polar surface area (TPSA) is 87.5 Å². The van der Waals surface area contributed by atoms with E-state index in [9.17, 15) is 9.18 Å². The van der Waals surface area contributed by atoms with Crippen LogP contribution in [0.2, 0.25) is 0 Å². The summed E-state index contributed by atoms with van der Waals surface area (Å²) >= 11 is 0. The molecule has 0 N–H and O–H groups in total. The zero-order chi connectivity index (χ0) is 22.1. The second kappa shape index (κ2) is 11.0. The van der Waals surface area contributed by atoms with Gasteiger partial charge in [-0.15, -0.1) is 0 Å². The Balaban J connectivity index is 1.77. The first-order valence-corrected chi connectivity index (χ1v) is 10.1. The maximum absolute atomic E-state index is 14.2. The van der Waals surface area contributed by atoms with Crippen LogP contribution in [0.1, 0.15) is 24.0 Å². The van der Waals surface area contributed by atoms with Gasteiger partial charge in [0.05, 0.1) is 11.8 Å². The molecule has 1 heterocycles. The van der Waals surface area contributed by atoms with Gasteiger partial charge in [-0.05, 0) is 29.5 Å². The first-order valence-electron chi connectivity index (χ1n) is 10.1. The zero-order valence-corrected chi connectivity index (χ0v) is 17.1. The van der Waals surface area contributed by atoms with Crippen molar-refractivity contribution < 1.29 is 18.7 Å². The quantitative estimate of drug-likeness (QED) is 0.317. The molecule has 3 unspecified atom stereocenters. The monoisotopic (exact) mass is 424 g/mol. The van der Waals surface area contributed by atoms with Crippen molar-refractivity contribution >= 4 is 6.09 Å². The summed E-state index contributed by atoms with van der Waals surface area (Å²) in [6, 6.07) is 17.3. The minimum absolute atomic E-state index is 0.0845. The Labute approximate surface area is 180 Å². The first-order chi connectivity index (χ1) is 15.1. The predicted molar refractivity (Wildman–Crippen MR) is 115 cm³/mol. The third-order valence-corrected chi connectivity index (χ3v) is 5.21. The van der Waals surface area contributed by atoms with E-state index in [-0.39, 0.29) is 18.9 Å². The van der Waals surface area contributed by atoms with Crippen molar-refractivity contribution in [2.24, 2.45) is 5.11 Å². The van der Waals surface area contributed by atoms with E-state index in [0.717, 1.165) is 11.1 Å². The summed E-state index contributed by atoms with van der Waals surface area (Å²) in [4.78, 5) is 17.2. The molecule has 0 spiro atoms. The highest BCUT2D eigenvalue weighted by atomic mass is 19.1. The minimum atomic E-state index is -0.868. The lowest BCUT2D eigenvalue weighted by atomic mass is 9.97. The average Bonchev–Trinajstić information content (AvgIpc) is 2.80. The molecule has 7 nitrogen and oxygen atoms in total. The van der Waals surface area contributed by atoms with Crippen LogP contribution in [0.25, 0.3) is 10.4 Å². The largest absolute Gasteiger partial charge is 0.493 e. The fourth-order valence-corrected chi connectivity index (χ4v) is 3.55. The van der Waals surface area contributed by atoms with Crippen molar-refractivity contribution in [1.82, 2.24) is 4.90 Å². The van der Waals surface area contributed by atoms with E-state index in [0.29, 0.717) is 12.8 Å². The number of nitrogens with zero attached hydrogens (tertiary/aromatic N) is 4. The van der Waals surface area contributed by atoms with Crippen molar-refractivity contribution in [3.8, 4) is 0 Å². The van der Waals surface area contributed by atoms with Gasteiger partial charge in [0.1, 0.15) is 25.4 Å². The van der Waals surface area contributed by atoms with E-state index >= 15 is 0 Å². The summed E-state index contributed by atoms with van der Waals surface area (Å²) in [6.07, 6.45) is -0.339. The number of alkyl halides is 1. The number of azide groups is 1. The Hall–Kier alpha value is -3.51. The van der Waals surface area contributed by atoms with Gasteiger partial charge in [-0.2, -0.15) is 0 Å². The molecule has 3 rings (SSSR count). The SMILES string of the molecule is C=C1OC(C(CF)N(Cc2ccccc2)C(=O)OCc2ccccc2)CCC1N=[N+]=[N-]. The lowest BCUT2D eigenvalue weighted by Gasteiger charge is -2.38. The van der Waals surface area contributed by atoms with Crippen LogP contribution in [0.5, 0.6) is 0 Å². The molecule has 0 aromatic heterocycles. The van der Waals surface area contributed by atoms with Crippen LogP contribution in [0, 0.1) is 0 Å². The number of amides is 1. The second-order valence-electron chi connectivity index (χ2n) is 7.30. The van der Waals surface area contributed by atoms with Crippen LogP contribution in [-0.2, 0) is 22.6 Å². The number of rotatable bonds is 8. The maximum Gasteiger partial charge on any atom is 0.410 e. The summed E-state index contributed by atoms with van der Waals surface area (Å²) in [6.45, 7) is 3.25. The Bertz CT molecular complexity index is 919. The molecule has 0 bridgehead atoms. The Morgan fingerprint density at radius 2 is 1.84 bits per heavy atom. The van der Waals surface area contributed by atoms with Crippen molar-refractivity contribution in [3.63, 3.8) is 0 Å². The number of carbonyl (C=O) groups excluding carboxylic acids is 1. The van der Waals surface area contributed by atoms with Gasteiger partial charge in [-0.3, -0.25) is 4.90 Å². The fraction of sp³-hybridized carbons (Fsp3) is 0.348. The number of carbonyl (C=O) groups is 1. The molecule has 31 heavy (non-hydrogen) atoms. The molecule has 2 aromatic carbocycles. The molecule has 1 amide bonds. The maximum atomic E-state index is 14.2. The van der Waals surface area contributed by atoms with Crippen LogP contribution in [-0.4, -0.2) is 35.9 Å². The van der Waals surface area contributed by atoms with E-state index in [1.54, 1.807) is 0 Å². The molecule has 1 fully saturated rings. The zero-order valence-electron chi connectivity index (χ0n) is 17.1. The van der Waals surface area contributed by atoms with Crippen LogP contribution < -0.4 is 0 Å². The third-order valence-electron chi connectivity index (χ3n) is 5.21. The van der Waals surface area contributed by atoms with Crippen LogP contribution in [0.4, 0.5) is 9.18 Å². The van der Waals surface area contributed by atoms with Crippen LogP contribution >= 0.6 is 0 Å². The highest BCUT2D eigenvalue weighted by Gasteiger charge is 2.37. The van der Waals surface area contributed by atoms with Gasteiger partial charge in [-0.1, -0.05) is 72.4 Å². The van der Waals surface area contributed by atoms with Gasteiger partial charge in [0.25, 0.3) is 0 Å². The van der Waals surface area contributed by atoms with Gasteiger partial charge in [0, 0.05) is 11.5 Å². The van der Waals surface area contributed by atoms with Gasteiger partial charge >= 0.3 is 6.09 Å². The molecule has 0 radical (unpaired) electrons. The smallest absolute Gasteiger partial charge is 0.410 e. The van der Waals surface area contributed by atoms with E-state index in [4.69, 9.17) is 15.0 Å². The van der Waals surface area contributed by atoms with Gasteiger partial charge in [0.2, 0.25) is 0 Å². The van der Waals surface area contributed by atoms with Crippen molar-refractivity contribution in [2.45, 2.75) is 44.2 Å². The molecule has 8 heteroatoms. The first kappa shape index (κ1) is 22.2. The number of benzene rings is 2. The highest BCUT2D eigenvalue weighted by molar-refractivity contribution is 5.68. The summed E-state index contributed by atoms with van der Waals surface area (Å²) in [5.74, 6) is 0.282. The molecule has 0 aliphatic carbocycles. The summed E-state index contributed by atoms with van der Waals surface area (Å²) in [5, 5.41) is 3.65. The van der Waals surface area contributed by atoms with Crippen LogP contribution in [0.3, 0.4) is 0 Å². The number of hydrogen-bond donors (Lipinski definition) is 0. The summed E-state index contributed by atoms with van der Waals surface area (Å²) in [5.41, 5.74) is 10.4. The summed E-state index contributed by atoms with van der Waals surface area (Å²) < 4.78 is 25.5. The normalized spacial score (nSPS) is 18.9. The summed E-state index contributed by atoms with van der Waals surface area (Å²) in [7, 11) is 0. The molecule has 0 saturated carbocycles. The highest BCUT2D eigenvalue weighted by Crippen LogP contribution is 2.29. The Morgan fingerprint density at radius 1 is 1.19 bits per heavy atom. The molecule has 1 aliphatic heterocycles. The van der Waals surface area contributed by atoms with E-state index in [1.165, 1.54) is 4.90 Å². The van der Waals surface area contributed by atoms with Crippen molar-refractivity contribution in [3.05, 3.63) is 94.6 Å². The molecular weight excluding hydrogens is 399 g/mol. The van der Waals surface area contributed by atoms with Crippen LogP contribution in [0.15, 0.2) is 78.1 Å². The molecule has 162 valence electrons. The lowest BCUT2D eigenvalue weighted by molar-refractivity contribution is -0.0208. The van der Waals surface area contributed by atoms with Gasteiger partial charge in [0.15, 0.2) is 0 Å². The third kappa shape index (κ3) is 5.99. The number of ether oxygens (including phenoxy) is 2. The molecule has 1 saturated heterocycles. The second-order valence-corrected chi connectivity index (χ2v) is 7.30. The van der Waals surface area contributed by atoms with Crippen molar-refractivity contribution in [1.29, 1.82) is 0 Å². The fourth-order valence-electron chi connectivity index (χ4n) is 3.55. The average molecular weight is 424 g/mol. The number of hydrogen-bond acceptors (Lipinski definition) is 4. The van der Waals surface area contributed by atoms with E-state index in [2.05, 4.69) is 16.6 Å². The van der Waals surface area contributed by atoms with Gasteiger partial charge in [-0.25, -0.2) is 9.18 Å². The Morgan fingerprint density at radius 3 is 2.42 bits per heavy atom. The number of halogens is 1. The van der Waals surface area contributed by atoms with E-state index in [1.807, 2.05) is 60.7 Å². The predicted octanol–water partition coefficient (Wildman–Crippen LogP) is 5.54. The van der Waals surface area contributed by atoms with E-state index < -0.39 is 31.0 Å². The molecular formula is C23H25FN4O3. The molecule has 2 aromatic rings. The Kier molecular flexibility index (Phi) is 7.90. The molecule has 1 aliphatic rings.